The Morgan fingerprint density at radius 1 is 1.39 bits per heavy atom. The van der Waals surface area contributed by atoms with E-state index in [1.54, 1.807) is 0 Å². The summed E-state index contributed by atoms with van der Waals surface area (Å²) in [6, 6.07) is 2.71. The van der Waals surface area contributed by atoms with E-state index < -0.39 is 4.92 Å². The summed E-state index contributed by atoms with van der Waals surface area (Å²) < 4.78 is 0. The Morgan fingerprint density at radius 2 is 2.00 bits per heavy atom. The Bertz CT molecular complexity index is 489. The van der Waals surface area contributed by atoms with Crippen LogP contribution in [0.25, 0.3) is 0 Å². The quantitative estimate of drug-likeness (QED) is 0.659. The van der Waals surface area contributed by atoms with Gasteiger partial charge in [0.15, 0.2) is 0 Å². The zero-order valence-corrected chi connectivity index (χ0v) is 11.1. The van der Waals surface area contributed by atoms with Crippen LogP contribution in [0.2, 0.25) is 10.0 Å². The monoisotopic (exact) mass is 289 g/mol. The van der Waals surface area contributed by atoms with Crippen LogP contribution in [-0.4, -0.2) is 17.0 Å². The highest BCUT2D eigenvalue weighted by molar-refractivity contribution is 6.42. The molecule has 0 aliphatic heterocycles. The van der Waals surface area contributed by atoms with Crippen LogP contribution < -0.4 is 11.1 Å². The van der Waals surface area contributed by atoms with Crippen molar-refractivity contribution in [3.05, 3.63) is 32.3 Å². The van der Waals surface area contributed by atoms with Crippen molar-refractivity contribution in [2.24, 2.45) is 5.73 Å². The summed E-state index contributed by atoms with van der Waals surface area (Å²) in [7, 11) is 0. The lowest BCUT2D eigenvalue weighted by Crippen LogP contribution is -2.52. The number of hydrogen-bond donors (Lipinski definition) is 2. The summed E-state index contributed by atoms with van der Waals surface area (Å²) in [4.78, 5) is 10.4. The predicted octanol–water partition coefficient (Wildman–Crippen LogP) is 3.19. The Hall–Kier alpha value is -1.04. The zero-order chi connectivity index (χ0) is 13.3. The van der Waals surface area contributed by atoms with Crippen molar-refractivity contribution in [3.8, 4) is 0 Å². The molecule has 0 saturated heterocycles. The first-order valence-electron chi connectivity index (χ1n) is 5.57. The van der Waals surface area contributed by atoms with Gasteiger partial charge in [-0.2, -0.15) is 0 Å². The molecule has 1 aromatic rings. The van der Waals surface area contributed by atoms with E-state index in [4.69, 9.17) is 28.9 Å². The van der Waals surface area contributed by atoms with Crippen LogP contribution in [0.4, 0.5) is 11.4 Å². The van der Waals surface area contributed by atoms with Gasteiger partial charge in [0.1, 0.15) is 5.69 Å². The number of anilines is 1. The Labute approximate surface area is 114 Å². The molecule has 1 saturated carbocycles. The van der Waals surface area contributed by atoms with Crippen molar-refractivity contribution >= 4 is 34.6 Å². The maximum atomic E-state index is 10.9. The van der Waals surface area contributed by atoms with E-state index in [0.29, 0.717) is 12.2 Å². The Balaban J connectivity index is 2.20. The van der Waals surface area contributed by atoms with Crippen molar-refractivity contribution in [1.82, 2.24) is 0 Å². The molecular formula is C11H13Cl2N3O2. The molecule has 0 bridgehead atoms. The number of halogens is 2. The molecule has 1 aliphatic carbocycles. The second kappa shape index (κ2) is 4.91. The van der Waals surface area contributed by atoms with Gasteiger partial charge in [0.2, 0.25) is 0 Å². The van der Waals surface area contributed by atoms with Crippen molar-refractivity contribution in [2.45, 2.75) is 24.8 Å². The molecule has 1 aliphatic rings. The fourth-order valence-corrected chi connectivity index (χ4v) is 2.23. The number of nitrogens with two attached hydrogens (primary N) is 1. The number of rotatable bonds is 4. The first-order valence-corrected chi connectivity index (χ1v) is 6.33. The van der Waals surface area contributed by atoms with Crippen LogP contribution >= 0.6 is 23.2 Å². The average molecular weight is 290 g/mol. The average Bonchev–Trinajstić information content (AvgIpc) is 2.27. The van der Waals surface area contributed by atoms with Gasteiger partial charge in [-0.15, -0.1) is 0 Å². The zero-order valence-electron chi connectivity index (χ0n) is 9.58. The fourth-order valence-electron chi connectivity index (χ4n) is 1.91. The van der Waals surface area contributed by atoms with E-state index >= 15 is 0 Å². The van der Waals surface area contributed by atoms with Gasteiger partial charge in [0, 0.05) is 18.2 Å². The third-order valence-electron chi connectivity index (χ3n) is 3.22. The summed E-state index contributed by atoms with van der Waals surface area (Å²) >= 11 is 11.6. The van der Waals surface area contributed by atoms with E-state index in [1.807, 2.05) is 0 Å². The van der Waals surface area contributed by atoms with Gasteiger partial charge in [-0.1, -0.05) is 23.2 Å². The van der Waals surface area contributed by atoms with E-state index in [9.17, 15) is 10.1 Å². The normalized spacial score (nSPS) is 17.1. The molecule has 5 nitrogen and oxygen atoms in total. The van der Waals surface area contributed by atoms with Crippen LogP contribution in [-0.2, 0) is 0 Å². The maximum absolute atomic E-state index is 10.9. The fraction of sp³-hybridized carbons (Fsp3) is 0.455. The summed E-state index contributed by atoms with van der Waals surface area (Å²) in [6.07, 6.45) is 2.95. The number of benzene rings is 1. The standard InChI is InChI=1S/C11H13Cl2N3O2/c12-7-4-9(10(16(17)18)5-8(7)13)15-6-11(14)2-1-3-11/h4-5,15H,1-3,6,14H2. The Morgan fingerprint density at radius 3 is 2.50 bits per heavy atom. The van der Waals surface area contributed by atoms with Crippen molar-refractivity contribution in [2.75, 3.05) is 11.9 Å². The van der Waals surface area contributed by atoms with Gasteiger partial charge in [0.25, 0.3) is 5.69 Å². The largest absolute Gasteiger partial charge is 0.378 e. The van der Waals surface area contributed by atoms with Crippen LogP contribution in [0, 0.1) is 10.1 Å². The van der Waals surface area contributed by atoms with E-state index in [1.165, 1.54) is 12.1 Å². The smallest absolute Gasteiger partial charge is 0.293 e. The molecule has 2 rings (SSSR count). The predicted molar refractivity (Wildman–Crippen MR) is 72.4 cm³/mol. The second-order valence-electron chi connectivity index (χ2n) is 4.61. The molecule has 0 amide bonds. The molecule has 98 valence electrons. The van der Waals surface area contributed by atoms with Gasteiger partial charge >= 0.3 is 0 Å². The molecule has 0 heterocycles. The topological polar surface area (TPSA) is 81.2 Å². The van der Waals surface area contributed by atoms with Gasteiger partial charge in [-0.25, -0.2) is 0 Å². The van der Waals surface area contributed by atoms with Gasteiger partial charge < -0.3 is 11.1 Å². The van der Waals surface area contributed by atoms with Crippen LogP contribution in [0.3, 0.4) is 0 Å². The first kappa shape index (κ1) is 13.4. The highest BCUT2D eigenvalue weighted by Gasteiger charge is 2.32. The minimum absolute atomic E-state index is 0.0904. The summed E-state index contributed by atoms with van der Waals surface area (Å²) in [6.45, 7) is 0.492. The first-order chi connectivity index (χ1) is 8.41. The molecule has 3 N–H and O–H groups in total. The number of nitro benzene ring substituents is 1. The van der Waals surface area contributed by atoms with Crippen LogP contribution in [0.5, 0.6) is 0 Å². The summed E-state index contributed by atoms with van der Waals surface area (Å²) in [5, 5.41) is 14.4. The highest BCUT2D eigenvalue weighted by Crippen LogP contribution is 2.35. The molecule has 1 aromatic carbocycles. The van der Waals surface area contributed by atoms with E-state index in [-0.39, 0.29) is 21.3 Å². The maximum Gasteiger partial charge on any atom is 0.293 e. The van der Waals surface area contributed by atoms with E-state index in [0.717, 1.165) is 19.3 Å². The van der Waals surface area contributed by atoms with Crippen molar-refractivity contribution < 1.29 is 4.92 Å². The minimum Gasteiger partial charge on any atom is -0.378 e. The number of nitro groups is 1. The van der Waals surface area contributed by atoms with Gasteiger partial charge in [-0.05, 0) is 25.3 Å². The molecule has 7 heteroatoms. The van der Waals surface area contributed by atoms with Crippen molar-refractivity contribution in [3.63, 3.8) is 0 Å². The molecule has 0 unspecified atom stereocenters. The molecule has 0 spiro atoms. The highest BCUT2D eigenvalue weighted by atomic mass is 35.5. The molecular weight excluding hydrogens is 277 g/mol. The van der Waals surface area contributed by atoms with Gasteiger partial charge in [0.05, 0.1) is 15.0 Å². The summed E-state index contributed by atoms with van der Waals surface area (Å²) in [5.41, 5.74) is 6.05. The number of nitrogens with zero attached hydrogens (tertiary/aromatic N) is 1. The number of nitrogens with one attached hydrogen (secondary N) is 1. The molecule has 18 heavy (non-hydrogen) atoms. The lowest BCUT2D eigenvalue weighted by atomic mass is 9.78. The molecule has 1 fully saturated rings. The van der Waals surface area contributed by atoms with Crippen LogP contribution in [0.1, 0.15) is 19.3 Å². The van der Waals surface area contributed by atoms with Crippen LogP contribution in [0.15, 0.2) is 12.1 Å². The minimum atomic E-state index is -0.492. The SMILES string of the molecule is NC1(CNc2cc(Cl)c(Cl)cc2[N+](=O)[O-])CCC1. The molecule has 0 atom stereocenters. The molecule has 0 aromatic heterocycles. The van der Waals surface area contributed by atoms with E-state index in [2.05, 4.69) is 5.32 Å². The lowest BCUT2D eigenvalue weighted by Gasteiger charge is -2.38. The summed E-state index contributed by atoms with van der Waals surface area (Å²) in [5.74, 6) is 0. The van der Waals surface area contributed by atoms with Gasteiger partial charge in [-0.3, -0.25) is 10.1 Å². The number of hydrogen-bond acceptors (Lipinski definition) is 4. The Kier molecular flexibility index (Phi) is 3.66. The van der Waals surface area contributed by atoms with Crippen molar-refractivity contribution in [1.29, 1.82) is 0 Å². The third kappa shape index (κ3) is 2.68. The molecule has 0 radical (unpaired) electrons. The third-order valence-corrected chi connectivity index (χ3v) is 3.94. The lowest BCUT2D eigenvalue weighted by molar-refractivity contribution is -0.383. The second-order valence-corrected chi connectivity index (χ2v) is 5.42.